The first-order valence-electron chi connectivity index (χ1n) is 16.6. The summed E-state index contributed by atoms with van der Waals surface area (Å²) in [6.07, 6.45) is 0. The molecule has 10 rings (SSSR count). The average molecular weight is 644 g/mol. The minimum Gasteiger partial charge on any atom is -0.454 e. The van der Waals surface area contributed by atoms with E-state index in [0.29, 0.717) is 0 Å². The second kappa shape index (κ2) is 11.2. The number of anilines is 3. The number of para-hydroxylation sites is 2. The molecule has 0 fully saturated rings. The molecule has 0 atom stereocenters. The Kier molecular flexibility index (Phi) is 6.39. The van der Waals surface area contributed by atoms with Crippen LogP contribution in [-0.4, -0.2) is 0 Å². The van der Waals surface area contributed by atoms with E-state index in [0.717, 1.165) is 39.0 Å². The van der Waals surface area contributed by atoms with Gasteiger partial charge in [0.05, 0.1) is 16.1 Å². The topological polar surface area (TPSA) is 16.4 Å². The predicted molar refractivity (Wildman–Crippen MR) is 210 cm³/mol. The Morgan fingerprint density at radius 2 is 1.00 bits per heavy atom. The van der Waals surface area contributed by atoms with E-state index in [2.05, 4.69) is 175 Å². The van der Waals surface area contributed by atoms with E-state index >= 15 is 0 Å². The van der Waals surface area contributed by atoms with Crippen molar-refractivity contribution in [2.45, 2.75) is 0 Å². The molecule has 49 heavy (non-hydrogen) atoms. The smallest absolute Gasteiger partial charge is 0.159 e. The third-order valence-corrected chi connectivity index (χ3v) is 10.9. The minimum atomic E-state index is 0.884. The highest BCUT2D eigenvalue weighted by Gasteiger charge is 2.22. The molecule has 0 amide bonds. The Hall–Kier alpha value is -6.16. The first-order chi connectivity index (χ1) is 24.3. The van der Waals surface area contributed by atoms with E-state index in [1.807, 2.05) is 17.4 Å². The number of fused-ring (bicyclic) bond motifs is 7. The van der Waals surface area contributed by atoms with Crippen molar-refractivity contribution in [1.29, 1.82) is 0 Å². The minimum absolute atomic E-state index is 0.884. The van der Waals surface area contributed by atoms with E-state index in [4.69, 9.17) is 4.42 Å². The molecule has 8 aromatic carbocycles. The number of nitrogens with zero attached hydrogens (tertiary/aromatic N) is 1. The molecular formula is C46H29NOS. The lowest BCUT2D eigenvalue weighted by Gasteiger charge is -2.26. The number of benzene rings is 8. The van der Waals surface area contributed by atoms with Crippen molar-refractivity contribution in [3.05, 3.63) is 176 Å². The molecule has 0 saturated carbocycles. The zero-order chi connectivity index (χ0) is 32.3. The molecule has 2 nitrogen and oxygen atoms in total. The van der Waals surface area contributed by atoms with Crippen molar-refractivity contribution in [1.82, 2.24) is 0 Å². The van der Waals surface area contributed by atoms with Crippen LogP contribution in [-0.2, 0) is 0 Å². The standard InChI is InChI=1S/C46H29NOS/c1-2-10-34-29-35(24-23-30(34)9-1)33-21-19-31(20-22-33)32-25-27-36(28-26-32)47(41-15-7-13-39-37-11-3-5-17-43(37)48-45(39)41)42-16-8-14-40-38-12-4-6-18-44(38)49-46(40)42/h1-29H. The van der Waals surface area contributed by atoms with Gasteiger partial charge in [-0.25, -0.2) is 0 Å². The fourth-order valence-electron chi connectivity index (χ4n) is 7.25. The quantitative estimate of drug-likeness (QED) is 0.186. The van der Waals surface area contributed by atoms with Gasteiger partial charge in [0.2, 0.25) is 0 Å². The third-order valence-electron chi connectivity index (χ3n) is 9.68. The van der Waals surface area contributed by atoms with Gasteiger partial charge in [-0.05, 0) is 75.5 Å². The maximum absolute atomic E-state index is 6.60. The van der Waals surface area contributed by atoms with Crippen LogP contribution < -0.4 is 4.90 Å². The van der Waals surface area contributed by atoms with Crippen molar-refractivity contribution < 1.29 is 4.42 Å². The highest BCUT2D eigenvalue weighted by atomic mass is 32.1. The van der Waals surface area contributed by atoms with E-state index in [1.165, 1.54) is 53.2 Å². The average Bonchev–Trinajstić information content (AvgIpc) is 3.75. The molecule has 0 aliphatic heterocycles. The molecule has 0 bridgehead atoms. The van der Waals surface area contributed by atoms with Gasteiger partial charge < -0.3 is 9.32 Å². The van der Waals surface area contributed by atoms with Crippen LogP contribution in [0.5, 0.6) is 0 Å². The third kappa shape index (κ3) is 4.62. The molecule has 2 heterocycles. The van der Waals surface area contributed by atoms with Crippen LogP contribution in [0.3, 0.4) is 0 Å². The first-order valence-corrected chi connectivity index (χ1v) is 17.4. The Morgan fingerprint density at radius 3 is 1.82 bits per heavy atom. The van der Waals surface area contributed by atoms with Gasteiger partial charge in [0, 0.05) is 31.9 Å². The number of thiophene rings is 1. The normalized spacial score (nSPS) is 11.7. The van der Waals surface area contributed by atoms with Gasteiger partial charge in [-0.3, -0.25) is 0 Å². The van der Waals surface area contributed by atoms with E-state index in [1.54, 1.807) is 0 Å². The lowest BCUT2D eigenvalue weighted by molar-refractivity contribution is 0.669. The Morgan fingerprint density at radius 1 is 0.408 bits per heavy atom. The first kappa shape index (κ1) is 27.9. The van der Waals surface area contributed by atoms with E-state index in [-0.39, 0.29) is 0 Å². The lowest BCUT2D eigenvalue weighted by Crippen LogP contribution is -2.10. The van der Waals surface area contributed by atoms with Gasteiger partial charge in [-0.2, -0.15) is 0 Å². The summed E-state index contributed by atoms with van der Waals surface area (Å²) in [6.45, 7) is 0. The predicted octanol–water partition coefficient (Wildman–Crippen LogP) is 13.9. The van der Waals surface area contributed by atoms with Crippen LogP contribution >= 0.6 is 11.3 Å². The molecule has 0 aliphatic rings. The molecule has 0 aliphatic carbocycles. The van der Waals surface area contributed by atoms with Crippen molar-refractivity contribution >= 4 is 81.3 Å². The molecule has 230 valence electrons. The van der Waals surface area contributed by atoms with Gasteiger partial charge in [-0.1, -0.05) is 133 Å². The van der Waals surface area contributed by atoms with Crippen LogP contribution in [0, 0.1) is 0 Å². The molecule has 2 aromatic heterocycles. The number of furan rings is 1. The van der Waals surface area contributed by atoms with Gasteiger partial charge in [-0.15, -0.1) is 11.3 Å². The monoisotopic (exact) mass is 643 g/mol. The Balaban J connectivity index is 1.09. The molecule has 10 aromatic rings. The highest BCUT2D eigenvalue weighted by Crippen LogP contribution is 2.47. The summed E-state index contributed by atoms with van der Waals surface area (Å²) in [5, 5.41) is 7.31. The van der Waals surface area contributed by atoms with Crippen molar-refractivity contribution in [2.75, 3.05) is 4.90 Å². The van der Waals surface area contributed by atoms with Crippen molar-refractivity contribution in [3.8, 4) is 22.3 Å². The molecular weight excluding hydrogens is 615 g/mol. The highest BCUT2D eigenvalue weighted by molar-refractivity contribution is 7.26. The van der Waals surface area contributed by atoms with Gasteiger partial charge in [0.1, 0.15) is 5.58 Å². The molecule has 0 N–H and O–H groups in total. The maximum Gasteiger partial charge on any atom is 0.159 e. The Bertz CT molecular complexity index is 2710. The van der Waals surface area contributed by atoms with Crippen LogP contribution in [0.15, 0.2) is 180 Å². The molecule has 0 unspecified atom stereocenters. The van der Waals surface area contributed by atoms with Crippen LogP contribution in [0.2, 0.25) is 0 Å². The fourth-order valence-corrected chi connectivity index (χ4v) is 8.46. The summed E-state index contributed by atoms with van der Waals surface area (Å²) in [4.78, 5) is 2.37. The lowest BCUT2D eigenvalue weighted by atomic mass is 9.98. The zero-order valence-electron chi connectivity index (χ0n) is 26.5. The van der Waals surface area contributed by atoms with E-state index in [9.17, 15) is 0 Å². The van der Waals surface area contributed by atoms with Crippen LogP contribution in [0.25, 0.3) is 75.1 Å². The summed E-state index contributed by atoms with van der Waals surface area (Å²) in [5.41, 5.74) is 9.82. The number of hydrogen-bond acceptors (Lipinski definition) is 3. The van der Waals surface area contributed by atoms with Gasteiger partial charge in [0.25, 0.3) is 0 Å². The molecule has 0 spiro atoms. The molecule has 3 heteroatoms. The van der Waals surface area contributed by atoms with Crippen LogP contribution in [0.1, 0.15) is 0 Å². The van der Waals surface area contributed by atoms with E-state index < -0.39 is 0 Å². The largest absolute Gasteiger partial charge is 0.454 e. The van der Waals surface area contributed by atoms with Crippen LogP contribution in [0.4, 0.5) is 17.1 Å². The summed E-state index contributed by atoms with van der Waals surface area (Å²) < 4.78 is 9.15. The molecule has 0 radical (unpaired) electrons. The maximum atomic E-state index is 6.60. The summed E-state index contributed by atoms with van der Waals surface area (Å²) in [6, 6.07) is 63.2. The SMILES string of the molecule is c1ccc2cc(-c3ccc(-c4ccc(N(c5cccc6c5oc5ccccc56)c5cccc6c5sc5ccccc56)cc4)cc3)ccc2c1. The van der Waals surface area contributed by atoms with Crippen molar-refractivity contribution in [3.63, 3.8) is 0 Å². The van der Waals surface area contributed by atoms with Gasteiger partial charge >= 0.3 is 0 Å². The number of hydrogen-bond donors (Lipinski definition) is 0. The number of rotatable bonds is 5. The van der Waals surface area contributed by atoms with Gasteiger partial charge in [0.15, 0.2) is 5.58 Å². The fraction of sp³-hybridized carbons (Fsp3) is 0. The zero-order valence-corrected chi connectivity index (χ0v) is 27.3. The van der Waals surface area contributed by atoms with Crippen molar-refractivity contribution in [2.24, 2.45) is 0 Å². The molecule has 0 saturated heterocycles. The second-order valence-corrected chi connectivity index (χ2v) is 13.6. The second-order valence-electron chi connectivity index (χ2n) is 12.5. The summed E-state index contributed by atoms with van der Waals surface area (Å²) in [5.74, 6) is 0. The Labute approximate surface area is 287 Å². The summed E-state index contributed by atoms with van der Waals surface area (Å²) >= 11 is 1.84. The summed E-state index contributed by atoms with van der Waals surface area (Å²) in [7, 11) is 0.